The van der Waals surface area contributed by atoms with Crippen LogP contribution in [-0.4, -0.2) is 75.6 Å². The third-order valence-electron chi connectivity index (χ3n) is 2.44. The minimum atomic E-state index is -3.30. The van der Waals surface area contributed by atoms with Crippen LogP contribution in [0.25, 0.3) is 0 Å². The predicted molar refractivity (Wildman–Crippen MR) is 65.2 cm³/mol. The molecule has 1 saturated heterocycles. The van der Waals surface area contributed by atoms with Crippen molar-refractivity contribution in [3.8, 4) is 0 Å². The number of carbonyl (C=O) groups excluding carboxylic acids is 1. The number of aliphatic carboxylic acids is 1. The Balaban J connectivity index is 2.41. The molecule has 0 bridgehead atoms. The molecule has 2 amide bonds. The third-order valence-corrected chi connectivity index (χ3v) is 3.17. The number of carbonyl (C=O) groups is 2. The molecular formula is C9H17N3O6S. The number of rotatable bonds is 5. The highest BCUT2D eigenvalue weighted by Gasteiger charge is 2.32. The number of morpholine rings is 1. The lowest BCUT2D eigenvalue weighted by molar-refractivity contribution is -0.147. The van der Waals surface area contributed by atoms with Crippen molar-refractivity contribution >= 4 is 22.0 Å². The summed E-state index contributed by atoms with van der Waals surface area (Å²) in [6.07, 6.45) is 1.01. The molecule has 1 rings (SSSR count). The molecule has 19 heavy (non-hydrogen) atoms. The van der Waals surface area contributed by atoms with Crippen molar-refractivity contribution < 1.29 is 27.9 Å². The molecule has 1 heterocycles. The van der Waals surface area contributed by atoms with Crippen LogP contribution in [0.5, 0.6) is 0 Å². The zero-order valence-corrected chi connectivity index (χ0v) is 11.3. The number of hydrogen-bond donors (Lipinski definition) is 3. The van der Waals surface area contributed by atoms with Crippen LogP contribution in [0.1, 0.15) is 0 Å². The third kappa shape index (κ3) is 5.41. The number of carboxylic acids is 1. The molecule has 9 nitrogen and oxygen atoms in total. The molecule has 1 fully saturated rings. The molecule has 3 N–H and O–H groups in total. The van der Waals surface area contributed by atoms with E-state index >= 15 is 0 Å². The second-order valence-electron chi connectivity index (χ2n) is 4.02. The molecule has 0 aliphatic carbocycles. The van der Waals surface area contributed by atoms with Crippen LogP contribution >= 0.6 is 0 Å². The molecule has 0 radical (unpaired) electrons. The molecule has 0 aromatic rings. The average Bonchev–Trinajstić information content (AvgIpc) is 2.33. The summed E-state index contributed by atoms with van der Waals surface area (Å²) in [5.74, 6) is -1.14. The van der Waals surface area contributed by atoms with E-state index in [4.69, 9.17) is 9.84 Å². The number of nitrogens with one attached hydrogen (secondary N) is 2. The van der Waals surface area contributed by atoms with Crippen molar-refractivity contribution in [3.63, 3.8) is 0 Å². The first-order valence-corrected chi connectivity index (χ1v) is 7.50. The summed E-state index contributed by atoms with van der Waals surface area (Å²) in [7, 11) is -3.30. The molecule has 0 aromatic carbocycles. The van der Waals surface area contributed by atoms with Gasteiger partial charge in [-0.3, -0.25) is 0 Å². The first-order chi connectivity index (χ1) is 8.81. The second kappa shape index (κ2) is 6.68. The summed E-state index contributed by atoms with van der Waals surface area (Å²) < 4.78 is 28.8. The maximum atomic E-state index is 11.8. The maximum Gasteiger partial charge on any atom is 0.328 e. The largest absolute Gasteiger partial charge is 0.480 e. The zero-order valence-electron chi connectivity index (χ0n) is 10.5. The van der Waals surface area contributed by atoms with Crippen molar-refractivity contribution in [1.29, 1.82) is 0 Å². The molecular weight excluding hydrogens is 278 g/mol. The number of sulfonamides is 1. The van der Waals surface area contributed by atoms with Gasteiger partial charge in [-0.25, -0.2) is 22.7 Å². The average molecular weight is 295 g/mol. The van der Waals surface area contributed by atoms with Gasteiger partial charge in [0.2, 0.25) is 10.0 Å². The lowest BCUT2D eigenvalue weighted by atomic mass is 10.2. The Labute approximate surface area is 111 Å². The van der Waals surface area contributed by atoms with E-state index in [0.29, 0.717) is 0 Å². The molecule has 1 atom stereocenters. The topological polar surface area (TPSA) is 125 Å². The molecule has 1 aliphatic rings. The molecule has 0 saturated carbocycles. The van der Waals surface area contributed by atoms with Crippen molar-refractivity contribution in [3.05, 3.63) is 0 Å². The van der Waals surface area contributed by atoms with Gasteiger partial charge in [0.05, 0.1) is 19.5 Å². The predicted octanol–water partition coefficient (Wildman–Crippen LogP) is -1.97. The van der Waals surface area contributed by atoms with Gasteiger partial charge in [0.25, 0.3) is 0 Å². The molecule has 0 aromatic heterocycles. The smallest absolute Gasteiger partial charge is 0.328 e. The fraction of sp³-hybridized carbons (Fsp3) is 0.778. The summed E-state index contributed by atoms with van der Waals surface area (Å²) in [6.45, 7) is 0.535. The minimum Gasteiger partial charge on any atom is -0.480 e. The number of nitrogens with zero attached hydrogens (tertiary/aromatic N) is 1. The summed E-state index contributed by atoms with van der Waals surface area (Å²) in [6, 6.07) is -1.57. The van der Waals surface area contributed by atoms with Gasteiger partial charge in [0.15, 0.2) is 6.04 Å². The normalized spacial score (nSPS) is 20.1. The van der Waals surface area contributed by atoms with E-state index in [-0.39, 0.29) is 32.8 Å². The van der Waals surface area contributed by atoms with Gasteiger partial charge in [-0.2, -0.15) is 0 Å². The monoisotopic (exact) mass is 295 g/mol. The van der Waals surface area contributed by atoms with Crippen molar-refractivity contribution in [2.45, 2.75) is 6.04 Å². The van der Waals surface area contributed by atoms with Crippen molar-refractivity contribution in [2.24, 2.45) is 0 Å². The standard InChI is InChI=1S/C9H17N3O6S/c1-19(16,17)11-3-2-10-9(15)12-4-5-18-6-7(12)8(13)14/h7,11H,2-6H2,1H3,(H,10,15)(H,13,14). The van der Waals surface area contributed by atoms with Crippen molar-refractivity contribution in [1.82, 2.24) is 14.9 Å². The van der Waals surface area contributed by atoms with Crippen LogP contribution in [0.15, 0.2) is 0 Å². The van der Waals surface area contributed by atoms with Crippen LogP contribution in [-0.2, 0) is 19.6 Å². The fourth-order valence-corrected chi connectivity index (χ4v) is 2.03. The SMILES string of the molecule is CS(=O)(=O)NCCNC(=O)N1CCOCC1C(=O)O. The maximum absolute atomic E-state index is 11.8. The van der Waals surface area contributed by atoms with Crippen LogP contribution in [0, 0.1) is 0 Å². The van der Waals surface area contributed by atoms with Crippen LogP contribution in [0.3, 0.4) is 0 Å². The van der Waals surface area contributed by atoms with E-state index in [1.54, 1.807) is 0 Å². The van der Waals surface area contributed by atoms with Crippen LogP contribution < -0.4 is 10.0 Å². The van der Waals surface area contributed by atoms with E-state index in [1.165, 1.54) is 0 Å². The Morgan fingerprint density at radius 3 is 2.68 bits per heavy atom. The molecule has 0 spiro atoms. The highest BCUT2D eigenvalue weighted by molar-refractivity contribution is 7.88. The van der Waals surface area contributed by atoms with Gasteiger partial charge in [-0.15, -0.1) is 0 Å². The van der Waals surface area contributed by atoms with E-state index in [1.807, 2.05) is 0 Å². The Hall–Kier alpha value is -1.39. The summed E-state index contributed by atoms with van der Waals surface area (Å²) >= 11 is 0. The summed E-state index contributed by atoms with van der Waals surface area (Å²) in [4.78, 5) is 23.9. The first-order valence-electron chi connectivity index (χ1n) is 5.61. The number of urea groups is 1. The van der Waals surface area contributed by atoms with E-state index in [0.717, 1.165) is 11.2 Å². The Morgan fingerprint density at radius 2 is 2.11 bits per heavy atom. The second-order valence-corrected chi connectivity index (χ2v) is 5.85. The highest BCUT2D eigenvalue weighted by atomic mass is 32.2. The fourth-order valence-electron chi connectivity index (χ4n) is 1.56. The molecule has 1 unspecified atom stereocenters. The molecule has 110 valence electrons. The summed E-state index contributed by atoms with van der Waals surface area (Å²) in [5, 5.41) is 11.4. The van der Waals surface area contributed by atoms with Gasteiger partial charge >= 0.3 is 12.0 Å². The minimum absolute atomic E-state index is 0.0483. The van der Waals surface area contributed by atoms with Gasteiger partial charge in [-0.05, 0) is 0 Å². The number of ether oxygens (including phenoxy) is 1. The summed E-state index contributed by atoms with van der Waals surface area (Å²) in [5.41, 5.74) is 0. The van der Waals surface area contributed by atoms with E-state index in [2.05, 4.69) is 10.0 Å². The lowest BCUT2D eigenvalue weighted by Gasteiger charge is -2.32. The first kappa shape index (κ1) is 15.7. The highest BCUT2D eigenvalue weighted by Crippen LogP contribution is 2.07. The number of amides is 2. The number of hydrogen-bond acceptors (Lipinski definition) is 5. The molecule has 10 heteroatoms. The van der Waals surface area contributed by atoms with Crippen LogP contribution in [0.4, 0.5) is 4.79 Å². The number of carboxylic acid groups (broad SMARTS) is 1. The van der Waals surface area contributed by atoms with E-state index < -0.39 is 28.1 Å². The van der Waals surface area contributed by atoms with Crippen molar-refractivity contribution in [2.75, 3.05) is 39.1 Å². The Kier molecular flexibility index (Phi) is 5.51. The molecule has 1 aliphatic heterocycles. The quantitative estimate of drug-likeness (QED) is 0.505. The van der Waals surface area contributed by atoms with Gasteiger partial charge in [0.1, 0.15) is 0 Å². The van der Waals surface area contributed by atoms with Gasteiger partial charge in [-0.1, -0.05) is 0 Å². The van der Waals surface area contributed by atoms with Crippen LogP contribution in [0.2, 0.25) is 0 Å². The Bertz CT molecular complexity index is 437. The zero-order chi connectivity index (χ0) is 14.5. The lowest BCUT2D eigenvalue weighted by Crippen LogP contribution is -2.56. The van der Waals surface area contributed by atoms with Gasteiger partial charge in [0, 0.05) is 19.6 Å². The van der Waals surface area contributed by atoms with E-state index in [9.17, 15) is 18.0 Å². The van der Waals surface area contributed by atoms with Gasteiger partial charge < -0.3 is 20.1 Å². The Morgan fingerprint density at radius 1 is 1.42 bits per heavy atom.